The Kier molecular flexibility index (Phi) is 5.35. The van der Waals surface area contributed by atoms with Gasteiger partial charge in [0.15, 0.2) is 11.6 Å². The predicted molar refractivity (Wildman–Crippen MR) is 70.0 cm³/mol. The Morgan fingerprint density at radius 1 is 1.62 bits per heavy atom. The van der Waals surface area contributed by atoms with Gasteiger partial charge >= 0.3 is 0 Å². The summed E-state index contributed by atoms with van der Waals surface area (Å²) in [5.41, 5.74) is 0.495. The van der Waals surface area contributed by atoms with Crippen molar-refractivity contribution < 1.29 is 4.39 Å². The maximum Gasteiger partial charge on any atom is 0.170 e. The zero-order valence-corrected chi connectivity index (χ0v) is 11.3. The average molecular weight is 263 g/mol. The van der Waals surface area contributed by atoms with Gasteiger partial charge in [-0.1, -0.05) is 0 Å². The molecule has 0 amide bonds. The molecule has 0 saturated carbocycles. The van der Waals surface area contributed by atoms with Gasteiger partial charge in [0.2, 0.25) is 0 Å². The summed E-state index contributed by atoms with van der Waals surface area (Å²) in [6, 6.07) is 1.85. The number of rotatable bonds is 5. The fourth-order valence-electron chi connectivity index (χ4n) is 1.38. The lowest BCUT2D eigenvalue weighted by atomic mass is 10.2. The first kappa shape index (κ1) is 13.6. The number of nitrogens with zero attached hydrogens (tertiary/aromatic N) is 2. The molecule has 0 spiro atoms. The first-order valence-electron chi connectivity index (χ1n) is 5.03. The largest absolute Gasteiger partial charge is 0.354 e. The highest BCUT2D eigenvalue weighted by Crippen LogP contribution is 2.21. The van der Waals surface area contributed by atoms with Crippen LogP contribution < -0.4 is 4.90 Å². The van der Waals surface area contributed by atoms with Crippen LogP contribution in [0.5, 0.6) is 0 Å². The summed E-state index contributed by atoms with van der Waals surface area (Å²) in [4.78, 5) is 5.92. The van der Waals surface area contributed by atoms with Crippen LogP contribution in [0.2, 0.25) is 0 Å². The number of alkyl halides is 1. The second kappa shape index (κ2) is 6.30. The molecule has 1 heterocycles. The Hall–Kier alpha value is -0.480. The van der Waals surface area contributed by atoms with Crippen molar-refractivity contribution in [3.63, 3.8) is 0 Å². The minimum absolute atomic E-state index is 0.173. The smallest absolute Gasteiger partial charge is 0.170 e. The van der Waals surface area contributed by atoms with Gasteiger partial charge in [0.05, 0.1) is 5.88 Å². The quantitative estimate of drug-likeness (QED) is 0.759. The molecule has 0 radical (unpaired) electrons. The first-order chi connectivity index (χ1) is 7.61. The number of thioether (sulfide) groups is 1. The third-order valence-corrected chi connectivity index (χ3v) is 3.60. The lowest BCUT2D eigenvalue weighted by molar-refractivity contribution is 0.596. The molecule has 5 heteroatoms. The molecule has 0 aromatic carbocycles. The number of hydrogen-bond donors (Lipinski definition) is 0. The molecule has 0 aliphatic rings. The van der Waals surface area contributed by atoms with Crippen molar-refractivity contribution in [3.05, 3.63) is 23.6 Å². The Balaban J connectivity index is 2.94. The molecule has 0 aliphatic carbocycles. The van der Waals surface area contributed by atoms with Crippen LogP contribution in [-0.2, 0) is 5.88 Å². The predicted octanol–water partition coefficient (Wildman–Crippen LogP) is 3.15. The van der Waals surface area contributed by atoms with Gasteiger partial charge < -0.3 is 4.90 Å². The fourth-order valence-corrected chi connectivity index (χ4v) is 2.29. The number of pyridine rings is 1. The van der Waals surface area contributed by atoms with Gasteiger partial charge in [-0.15, -0.1) is 11.6 Å². The molecule has 16 heavy (non-hydrogen) atoms. The Morgan fingerprint density at radius 3 is 2.88 bits per heavy atom. The van der Waals surface area contributed by atoms with E-state index in [1.807, 2.05) is 25.1 Å². The molecular weight excluding hydrogens is 247 g/mol. The van der Waals surface area contributed by atoms with E-state index in [4.69, 9.17) is 11.6 Å². The lowest BCUT2D eigenvalue weighted by Crippen LogP contribution is -2.32. The monoisotopic (exact) mass is 262 g/mol. The number of hydrogen-bond acceptors (Lipinski definition) is 3. The normalized spacial score (nSPS) is 12.6. The molecule has 0 bridgehead atoms. The molecule has 0 N–H and O–H groups in total. The standard InChI is InChI=1S/C11H16ClFN2S/c1-8(7-16-3)15(2)11-10(13)9(6-12)4-5-14-11/h4-5,8H,6-7H2,1-3H3. The summed E-state index contributed by atoms with van der Waals surface area (Å²) in [5, 5.41) is 0. The van der Waals surface area contributed by atoms with Crippen LogP contribution in [0.25, 0.3) is 0 Å². The third kappa shape index (κ3) is 3.01. The summed E-state index contributed by atoms with van der Waals surface area (Å²) in [6.07, 6.45) is 3.63. The van der Waals surface area contributed by atoms with Gasteiger partial charge in [-0.3, -0.25) is 0 Å². The summed E-state index contributed by atoms with van der Waals surface area (Å²) in [7, 11) is 1.85. The van der Waals surface area contributed by atoms with Crippen molar-refractivity contribution in [2.45, 2.75) is 18.8 Å². The van der Waals surface area contributed by atoms with Gasteiger partial charge in [-0.25, -0.2) is 9.37 Å². The number of anilines is 1. The third-order valence-electron chi connectivity index (χ3n) is 2.50. The van der Waals surface area contributed by atoms with Gasteiger partial charge in [-0.05, 0) is 19.2 Å². The minimum Gasteiger partial charge on any atom is -0.354 e. The SMILES string of the molecule is CSCC(C)N(C)c1nccc(CCl)c1F. The Bertz CT molecular complexity index is 349. The van der Waals surface area contributed by atoms with Crippen molar-refractivity contribution in [1.82, 2.24) is 4.98 Å². The van der Waals surface area contributed by atoms with Crippen LogP contribution in [-0.4, -0.2) is 30.1 Å². The second-order valence-electron chi connectivity index (χ2n) is 3.66. The Labute approximate surface area is 105 Å². The van der Waals surface area contributed by atoms with E-state index in [-0.39, 0.29) is 17.7 Å². The highest BCUT2D eigenvalue weighted by Gasteiger charge is 2.16. The summed E-state index contributed by atoms with van der Waals surface area (Å²) >= 11 is 7.39. The Morgan fingerprint density at radius 2 is 2.31 bits per heavy atom. The van der Waals surface area contributed by atoms with E-state index in [0.29, 0.717) is 11.4 Å². The van der Waals surface area contributed by atoms with Crippen LogP contribution in [0.4, 0.5) is 10.2 Å². The van der Waals surface area contributed by atoms with Gasteiger partial charge in [0.25, 0.3) is 0 Å². The minimum atomic E-state index is -0.312. The van der Waals surface area contributed by atoms with Gasteiger partial charge in [0.1, 0.15) is 0 Å². The summed E-state index contributed by atoms with van der Waals surface area (Å²) in [6.45, 7) is 2.05. The zero-order chi connectivity index (χ0) is 12.1. The van der Waals surface area contributed by atoms with Crippen LogP contribution >= 0.6 is 23.4 Å². The van der Waals surface area contributed by atoms with Crippen molar-refractivity contribution in [1.29, 1.82) is 0 Å². The van der Waals surface area contributed by atoms with E-state index < -0.39 is 0 Å². The first-order valence-corrected chi connectivity index (χ1v) is 6.95. The fraction of sp³-hybridized carbons (Fsp3) is 0.545. The van der Waals surface area contributed by atoms with E-state index in [1.54, 1.807) is 24.0 Å². The van der Waals surface area contributed by atoms with Crippen LogP contribution in [0, 0.1) is 5.82 Å². The topological polar surface area (TPSA) is 16.1 Å². The highest BCUT2D eigenvalue weighted by atomic mass is 35.5. The van der Waals surface area contributed by atoms with Crippen molar-refractivity contribution in [2.75, 3.05) is 24.0 Å². The number of halogens is 2. The van der Waals surface area contributed by atoms with Gasteiger partial charge in [0, 0.05) is 30.6 Å². The molecule has 0 fully saturated rings. The molecule has 1 unspecified atom stereocenters. The molecule has 1 aromatic rings. The summed E-state index contributed by atoms with van der Waals surface area (Å²) < 4.78 is 13.9. The highest BCUT2D eigenvalue weighted by molar-refractivity contribution is 7.98. The van der Waals surface area contributed by atoms with E-state index >= 15 is 0 Å². The molecule has 0 aliphatic heterocycles. The molecular formula is C11H16ClFN2S. The van der Waals surface area contributed by atoms with Crippen molar-refractivity contribution in [3.8, 4) is 0 Å². The lowest BCUT2D eigenvalue weighted by Gasteiger charge is -2.26. The van der Waals surface area contributed by atoms with Crippen molar-refractivity contribution >= 4 is 29.2 Å². The maximum atomic E-state index is 13.9. The molecule has 0 saturated heterocycles. The molecule has 1 rings (SSSR count). The van der Waals surface area contributed by atoms with Gasteiger partial charge in [-0.2, -0.15) is 11.8 Å². The molecule has 90 valence electrons. The number of aromatic nitrogens is 1. The van der Waals surface area contributed by atoms with E-state index in [2.05, 4.69) is 4.98 Å². The van der Waals surface area contributed by atoms with E-state index in [0.717, 1.165) is 5.75 Å². The second-order valence-corrected chi connectivity index (χ2v) is 4.83. The van der Waals surface area contributed by atoms with Crippen LogP contribution in [0.1, 0.15) is 12.5 Å². The van der Waals surface area contributed by atoms with Crippen LogP contribution in [0.3, 0.4) is 0 Å². The summed E-state index contributed by atoms with van der Waals surface area (Å²) in [5.74, 6) is 1.17. The molecule has 1 aromatic heterocycles. The maximum absolute atomic E-state index is 13.9. The van der Waals surface area contributed by atoms with Crippen molar-refractivity contribution in [2.24, 2.45) is 0 Å². The van der Waals surface area contributed by atoms with Crippen LogP contribution in [0.15, 0.2) is 12.3 Å². The van der Waals surface area contributed by atoms with E-state index in [9.17, 15) is 4.39 Å². The van der Waals surface area contributed by atoms with E-state index in [1.165, 1.54) is 0 Å². The molecule has 1 atom stereocenters. The average Bonchev–Trinajstić information content (AvgIpc) is 2.29. The zero-order valence-electron chi connectivity index (χ0n) is 9.70. The molecule has 2 nitrogen and oxygen atoms in total.